The molecule has 4 aromatic rings. The zero-order valence-corrected chi connectivity index (χ0v) is 15.4. The smallest absolute Gasteiger partial charge is 0.296 e. The second-order valence-corrected chi connectivity index (χ2v) is 6.42. The number of fused-ring (bicyclic) bond motifs is 1. The lowest BCUT2D eigenvalue weighted by Gasteiger charge is -2.15. The maximum atomic E-state index is 13.4. The number of carbonyl (C=O) groups is 1. The number of hydrogen-bond donors (Lipinski definition) is 0. The quantitative estimate of drug-likeness (QED) is 0.470. The van der Waals surface area contributed by atoms with Crippen LogP contribution in [0.3, 0.4) is 0 Å². The summed E-state index contributed by atoms with van der Waals surface area (Å²) in [7, 11) is 1.43. The fourth-order valence-electron chi connectivity index (χ4n) is 2.90. The Hall–Kier alpha value is -3.82. The van der Waals surface area contributed by atoms with Crippen LogP contribution in [-0.4, -0.2) is 32.3 Å². The van der Waals surface area contributed by atoms with Gasteiger partial charge in [-0.2, -0.15) is 13.2 Å². The van der Waals surface area contributed by atoms with Gasteiger partial charge in [0.2, 0.25) is 0 Å². The number of pyridine rings is 1. The molecule has 6 nitrogen and oxygen atoms in total. The Morgan fingerprint density at radius 1 is 1.03 bits per heavy atom. The number of rotatable bonds is 3. The number of carbonyl (C=O) groups excluding carboxylic acids is 1. The summed E-state index contributed by atoms with van der Waals surface area (Å²) < 4.78 is 53.4. The molecule has 0 aliphatic rings. The number of amides is 1. The Kier molecular flexibility index (Phi) is 4.69. The van der Waals surface area contributed by atoms with Gasteiger partial charge in [0.05, 0.1) is 23.7 Å². The summed E-state index contributed by atoms with van der Waals surface area (Å²) in [5.41, 5.74) is 0.652. The molecule has 0 spiro atoms. The van der Waals surface area contributed by atoms with E-state index in [1.807, 2.05) is 0 Å². The molecule has 10 heteroatoms. The molecule has 0 saturated heterocycles. The molecule has 0 radical (unpaired) electrons. The van der Waals surface area contributed by atoms with Gasteiger partial charge >= 0.3 is 6.18 Å². The second-order valence-electron chi connectivity index (χ2n) is 6.42. The van der Waals surface area contributed by atoms with Crippen molar-refractivity contribution in [3.05, 3.63) is 78.3 Å². The van der Waals surface area contributed by atoms with Crippen molar-refractivity contribution in [3.8, 4) is 11.3 Å². The lowest BCUT2D eigenvalue weighted by molar-refractivity contribution is -0.137. The van der Waals surface area contributed by atoms with Crippen molar-refractivity contribution in [1.29, 1.82) is 0 Å². The van der Waals surface area contributed by atoms with Crippen LogP contribution in [0.15, 0.2) is 61.2 Å². The van der Waals surface area contributed by atoms with Gasteiger partial charge in [-0.1, -0.05) is 12.1 Å². The first-order valence-electron chi connectivity index (χ1n) is 8.64. The van der Waals surface area contributed by atoms with Crippen LogP contribution in [0.2, 0.25) is 0 Å². The number of benzene rings is 1. The normalized spacial score (nSPS) is 11.6. The van der Waals surface area contributed by atoms with Gasteiger partial charge in [-0.25, -0.2) is 19.3 Å². The summed E-state index contributed by atoms with van der Waals surface area (Å²) in [5, 5.41) is 0. The maximum Gasteiger partial charge on any atom is 0.416 e. The summed E-state index contributed by atoms with van der Waals surface area (Å²) >= 11 is 0. The summed E-state index contributed by atoms with van der Waals surface area (Å²) in [5.74, 6) is -0.972. The van der Waals surface area contributed by atoms with Crippen molar-refractivity contribution in [2.75, 3.05) is 11.9 Å². The van der Waals surface area contributed by atoms with Gasteiger partial charge in [-0.15, -0.1) is 0 Å². The summed E-state index contributed by atoms with van der Waals surface area (Å²) in [6, 6.07) is 6.89. The van der Waals surface area contributed by atoms with Crippen LogP contribution in [0.4, 0.5) is 23.4 Å². The van der Waals surface area contributed by atoms with Crippen molar-refractivity contribution < 1.29 is 22.4 Å². The minimum absolute atomic E-state index is 0.0298. The van der Waals surface area contributed by atoms with Gasteiger partial charge in [0.1, 0.15) is 17.3 Å². The number of alkyl halides is 3. The number of nitrogens with zero attached hydrogens (tertiary/aromatic N) is 5. The molecule has 0 N–H and O–H groups in total. The van der Waals surface area contributed by atoms with Crippen LogP contribution in [0.25, 0.3) is 16.9 Å². The predicted molar refractivity (Wildman–Crippen MR) is 100 cm³/mol. The monoisotopic (exact) mass is 415 g/mol. The first-order chi connectivity index (χ1) is 14.2. The molecule has 4 rings (SSSR count). The molecule has 0 saturated carbocycles. The molecule has 0 aliphatic carbocycles. The maximum absolute atomic E-state index is 13.4. The summed E-state index contributed by atoms with van der Waals surface area (Å²) in [6.45, 7) is 0. The van der Waals surface area contributed by atoms with E-state index in [-0.39, 0.29) is 11.5 Å². The van der Waals surface area contributed by atoms with Crippen molar-refractivity contribution in [2.24, 2.45) is 0 Å². The third-order valence-electron chi connectivity index (χ3n) is 4.48. The van der Waals surface area contributed by atoms with E-state index in [2.05, 4.69) is 15.0 Å². The second kappa shape index (κ2) is 7.21. The number of imidazole rings is 1. The van der Waals surface area contributed by atoms with Gasteiger partial charge in [-0.3, -0.25) is 14.1 Å². The van der Waals surface area contributed by atoms with Crippen molar-refractivity contribution >= 4 is 17.4 Å². The Labute approximate surface area is 167 Å². The van der Waals surface area contributed by atoms with E-state index in [1.165, 1.54) is 44.0 Å². The van der Waals surface area contributed by atoms with Crippen molar-refractivity contribution in [3.63, 3.8) is 0 Å². The Bertz CT molecular complexity index is 1230. The molecule has 152 valence electrons. The topological polar surface area (TPSA) is 63.4 Å². The van der Waals surface area contributed by atoms with E-state index in [9.17, 15) is 22.4 Å². The Morgan fingerprint density at radius 2 is 1.77 bits per heavy atom. The number of anilines is 1. The largest absolute Gasteiger partial charge is 0.416 e. The number of halogens is 4. The van der Waals surface area contributed by atoms with Crippen LogP contribution in [0.1, 0.15) is 16.1 Å². The van der Waals surface area contributed by atoms with E-state index in [1.54, 1.807) is 4.40 Å². The average Bonchev–Trinajstić information content (AvgIpc) is 3.15. The zero-order valence-electron chi connectivity index (χ0n) is 15.4. The summed E-state index contributed by atoms with van der Waals surface area (Å²) in [4.78, 5) is 26.1. The highest BCUT2D eigenvalue weighted by Gasteiger charge is 2.30. The number of hydrogen-bond acceptors (Lipinski definition) is 4. The van der Waals surface area contributed by atoms with Gasteiger partial charge in [0, 0.05) is 31.1 Å². The molecule has 3 aromatic heterocycles. The van der Waals surface area contributed by atoms with E-state index < -0.39 is 23.5 Å². The average molecular weight is 415 g/mol. The molecule has 1 amide bonds. The van der Waals surface area contributed by atoms with Gasteiger partial charge in [0.25, 0.3) is 5.91 Å². The highest BCUT2D eigenvalue weighted by Crippen LogP contribution is 2.31. The molecule has 30 heavy (non-hydrogen) atoms. The standard InChI is InChI=1S/C20H13F4N5O/c1-28(17-8-14(21)6-7-25-17)19(30)15-11-29-16(9-27-18(29)10-26-15)12-2-4-13(5-3-12)20(22,23)24/h2-11H,1H3. The lowest BCUT2D eigenvalue weighted by Crippen LogP contribution is -2.28. The van der Waals surface area contributed by atoms with Crippen LogP contribution < -0.4 is 4.90 Å². The van der Waals surface area contributed by atoms with E-state index in [0.29, 0.717) is 16.9 Å². The predicted octanol–water partition coefficient (Wildman–Crippen LogP) is 4.23. The summed E-state index contributed by atoms with van der Waals surface area (Å²) in [6.07, 6.45) is 1.08. The molecule has 3 heterocycles. The highest BCUT2D eigenvalue weighted by molar-refractivity contribution is 6.03. The SMILES string of the molecule is CN(C(=O)c1cn2c(-c3ccc(C(F)(F)F)cc3)cnc2cn1)c1cc(F)ccn1. The Balaban J connectivity index is 1.70. The van der Waals surface area contributed by atoms with Crippen LogP contribution in [-0.2, 0) is 6.18 Å². The molecule has 1 aromatic carbocycles. The first-order valence-corrected chi connectivity index (χ1v) is 8.64. The van der Waals surface area contributed by atoms with Crippen LogP contribution in [0, 0.1) is 5.82 Å². The molecular formula is C20H13F4N5O. The highest BCUT2D eigenvalue weighted by atomic mass is 19.4. The molecule has 0 aliphatic heterocycles. The molecule has 0 bridgehead atoms. The minimum Gasteiger partial charge on any atom is -0.296 e. The minimum atomic E-state index is -4.43. The third-order valence-corrected chi connectivity index (χ3v) is 4.48. The van der Waals surface area contributed by atoms with E-state index in [0.717, 1.165) is 29.2 Å². The molecular weight excluding hydrogens is 402 g/mol. The van der Waals surface area contributed by atoms with E-state index in [4.69, 9.17) is 0 Å². The van der Waals surface area contributed by atoms with Crippen molar-refractivity contribution in [1.82, 2.24) is 19.4 Å². The van der Waals surface area contributed by atoms with Crippen LogP contribution in [0.5, 0.6) is 0 Å². The van der Waals surface area contributed by atoms with Gasteiger partial charge in [0.15, 0.2) is 5.65 Å². The first kappa shape index (κ1) is 19.5. The zero-order chi connectivity index (χ0) is 21.5. The third kappa shape index (κ3) is 3.59. The number of aromatic nitrogens is 4. The Morgan fingerprint density at radius 3 is 2.43 bits per heavy atom. The van der Waals surface area contributed by atoms with Gasteiger partial charge in [-0.05, 0) is 18.2 Å². The molecule has 0 fully saturated rings. The van der Waals surface area contributed by atoms with Gasteiger partial charge < -0.3 is 0 Å². The van der Waals surface area contributed by atoms with E-state index >= 15 is 0 Å². The van der Waals surface area contributed by atoms with Crippen molar-refractivity contribution in [2.45, 2.75) is 6.18 Å². The van der Waals surface area contributed by atoms with Crippen LogP contribution >= 0.6 is 0 Å². The molecule has 0 atom stereocenters. The lowest BCUT2D eigenvalue weighted by atomic mass is 10.1. The molecule has 0 unspecified atom stereocenters. The fraction of sp³-hybridized carbons (Fsp3) is 0.100. The fourth-order valence-corrected chi connectivity index (χ4v) is 2.90.